The summed E-state index contributed by atoms with van der Waals surface area (Å²) in [6.07, 6.45) is 10.9. The van der Waals surface area contributed by atoms with Crippen molar-refractivity contribution < 1.29 is 0 Å². The van der Waals surface area contributed by atoms with Crippen LogP contribution >= 0.6 is 22.6 Å². The third-order valence-corrected chi connectivity index (χ3v) is 4.45. The second kappa shape index (κ2) is 5.43. The average Bonchev–Trinajstić information content (AvgIpc) is 2.90. The zero-order valence-corrected chi connectivity index (χ0v) is 12.5. The molecule has 1 aromatic heterocycles. The highest BCUT2D eigenvalue weighted by atomic mass is 127. The second-order valence-corrected chi connectivity index (χ2v) is 6.25. The van der Waals surface area contributed by atoms with Gasteiger partial charge in [0, 0.05) is 15.3 Å². The summed E-state index contributed by atoms with van der Waals surface area (Å²) in [5, 5.41) is 4.55. The van der Waals surface area contributed by atoms with Gasteiger partial charge in [-0.2, -0.15) is 5.10 Å². The summed E-state index contributed by atoms with van der Waals surface area (Å²) in [6, 6.07) is 9.26. The molecule has 0 amide bonds. The van der Waals surface area contributed by atoms with Crippen LogP contribution < -0.4 is 0 Å². The zero-order valence-electron chi connectivity index (χ0n) is 10.3. The Kier molecular flexibility index (Phi) is 3.68. The van der Waals surface area contributed by atoms with E-state index < -0.39 is 0 Å². The standard InChI is InChI=1S/C15H17IN2/c16-14-8-6-12(7-9-14)13-10-17-18(11-13)15-4-2-1-3-5-15/h6-11,15H,1-5H2. The van der Waals surface area contributed by atoms with Gasteiger partial charge in [0.1, 0.15) is 0 Å². The lowest BCUT2D eigenvalue weighted by molar-refractivity contribution is 0.329. The van der Waals surface area contributed by atoms with Gasteiger partial charge in [-0.1, -0.05) is 31.4 Å². The van der Waals surface area contributed by atoms with Crippen molar-refractivity contribution in [1.29, 1.82) is 0 Å². The van der Waals surface area contributed by atoms with Crippen LogP contribution in [-0.2, 0) is 0 Å². The molecule has 0 saturated heterocycles. The number of halogens is 1. The van der Waals surface area contributed by atoms with Gasteiger partial charge < -0.3 is 0 Å². The van der Waals surface area contributed by atoms with E-state index in [0.29, 0.717) is 6.04 Å². The van der Waals surface area contributed by atoms with Gasteiger partial charge in [-0.25, -0.2) is 0 Å². The maximum atomic E-state index is 4.55. The van der Waals surface area contributed by atoms with Crippen LogP contribution in [0.5, 0.6) is 0 Å². The van der Waals surface area contributed by atoms with Crippen molar-refractivity contribution in [3.63, 3.8) is 0 Å². The van der Waals surface area contributed by atoms with E-state index in [4.69, 9.17) is 0 Å². The van der Waals surface area contributed by atoms with Crippen LogP contribution in [0.3, 0.4) is 0 Å². The first-order valence-electron chi connectivity index (χ1n) is 6.63. The summed E-state index contributed by atoms with van der Waals surface area (Å²) < 4.78 is 3.45. The monoisotopic (exact) mass is 352 g/mol. The fraction of sp³-hybridized carbons (Fsp3) is 0.400. The normalized spacial score (nSPS) is 16.9. The van der Waals surface area contributed by atoms with Crippen molar-refractivity contribution in [2.24, 2.45) is 0 Å². The molecule has 1 aliphatic carbocycles. The number of benzene rings is 1. The van der Waals surface area contributed by atoms with Crippen molar-refractivity contribution in [2.75, 3.05) is 0 Å². The number of rotatable bonds is 2. The molecule has 0 spiro atoms. The Balaban J connectivity index is 1.82. The summed E-state index contributed by atoms with van der Waals surface area (Å²) in [6.45, 7) is 0. The predicted molar refractivity (Wildman–Crippen MR) is 82.5 cm³/mol. The highest BCUT2D eigenvalue weighted by molar-refractivity contribution is 14.1. The number of hydrogen-bond donors (Lipinski definition) is 0. The summed E-state index contributed by atoms with van der Waals surface area (Å²) in [7, 11) is 0. The molecule has 1 aliphatic rings. The molecular formula is C15H17IN2. The van der Waals surface area contributed by atoms with Gasteiger partial charge in [0.2, 0.25) is 0 Å². The molecule has 2 aromatic rings. The molecule has 1 saturated carbocycles. The summed E-state index contributed by atoms with van der Waals surface area (Å²) in [5.41, 5.74) is 2.49. The lowest BCUT2D eigenvalue weighted by atomic mass is 9.96. The first-order valence-corrected chi connectivity index (χ1v) is 7.71. The number of nitrogens with zero attached hydrogens (tertiary/aromatic N) is 2. The molecule has 1 heterocycles. The van der Waals surface area contributed by atoms with Gasteiger partial charge in [-0.05, 0) is 53.1 Å². The Morgan fingerprint density at radius 3 is 2.44 bits per heavy atom. The van der Waals surface area contributed by atoms with E-state index in [1.165, 1.54) is 46.8 Å². The van der Waals surface area contributed by atoms with Gasteiger partial charge in [0.15, 0.2) is 0 Å². The summed E-state index contributed by atoms with van der Waals surface area (Å²) >= 11 is 2.34. The van der Waals surface area contributed by atoms with Gasteiger partial charge in [0.25, 0.3) is 0 Å². The topological polar surface area (TPSA) is 17.8 Å². The minimum absolute atomic E-state index is 0.622. The van der Waals surface area contributed by atoms with E-state index in [2.05, 4.69) is 62.8 Å². The molecule has 2 nitrogen and oxygen atoms in total. The Bertz CT molecular complexity index is 510. The van der Waals surface area contributed by atoms with E-state index in [9.17, 15) is 0 Å². The van der Waals surface area contributed by atoms with Crippen LogP contribution in [0, 0.1) is 3.57 Å². The lowest BCUT2D eigenvalue weighted by Crippen LogP contribution is -2.12. The van der Waals surface area contributed by atoms with E-state index in [0.717, 1.165) is 0 Å². The first kappa shape index (κ1) is 12.2. The maximum absolute atomic E-state index is 4.55. The van der Waals surface area contributed by atoms with Crippen LogP contribution in [0.2, 0.25) is 0 Å². The highest BCUT2D eigenvalue weighted by Gasteiger charge is 2.16. The summed E-state index contributed by atoms with van der Waals surface area (Å²) in [5.74, 6) is 0. The Morgan fingerprint density at radius 2 is 1.72 bits per heavy atom. The molecule has 0 N–H and O–H groups in total. The number of aromatic nitrogens is 2. The van der Waals surface area contributed by atoms with E-state index >= 15 is 0 Å². The molecule has 0 unspecified atom stereocenters. The molecule has 18 heavy (non-hydrogen) atoms. The van der Waals surface area contributed by atoms with Gasteiger partial charge in [0.05, 0.1) is 12.2 Å². The van der Waals surface area contributed by atoms with Crippen molar-refractivity contribution in [1.82, 2.24) is 9.78 Å². The van der Waals surface area contributed by atoms with E-state index in [1.807, 2.05) is 6.20 Å². The molecule has 1 aromatic carbocycles. The molecular weight excluding hydrogens is 335 g/mol. The third-order valence-electron chi connectivity index (χ3n) is 3.73. The lowest BCUT2D eigenvalue weighted by Gasteiger charge is -2.21. The van der Waals surface area contributed by atoms with Crippen LogP contribution in [-0.4, -0.2) is 9.78 Å². The predicted octanol–water partition coefficient (Wildman–Crippen LogP) is 4.66. The molecule has 0 atom stereocenters. The molecule has 94 valence electrons. The molecule has 1 fully saturated rings. The van der Waals surface area contributed by atoms with Crippen molar-refractivity contribution in [3.8, 4) is 11.1 Å². The van der Waals surface area contributed by atoms with Crippen LogP contribution in [0.25, 0.3) is 11.1 Å². The second-order valence-electron chi connectivity index (χ2n) is 5.01. The number of hydrogen-bond acceptors (Lipinski definition) is 1. The van der Waals surface area contributed by atoms with Crippen molar-refractivity contribution >= 4 is 22.6 Å². The van der Waals surface area contributed by atoms with Gasteiger partial charge in [-0.15, -0.1) is 0 Å². The molecule has 3 heteroatoms. The summed E-state index contributed by atoms with van der Waals surface area (Å²) in [4.78, 5) is 0. The Hall–Kier alpha value is -0.840. The SMILES string of the molecule is Ic1ccc(-c2cnn(C3CCCCC3)c2)cc1. The fourth-order valence-corrected chi connectivity index (χ4v) is 3.03. The van der Waals surface area contributed by atoms with Crippen LogP contribution in [0.1, 0.15) is 38.1 Å². The van der Waals surface area contributed by atoms with Crippen molar-refractivity contribution in [2.45, 2.75) is 38.1 Å². The molecule has 0 aliphatic heterocycles. The van der Waals surface area contributed by atoms with Crippen LogP contribution in [0.4, 0.5) is 0 Å². The minimum atomic E-state index is 0.622. The maximum Gasteiger partial charge on any atom is 0.0568 e. The minimum Gasteiger partial charge on any atom is -0.269 e. The quantitative estimate of drug-likeness (QED) is 0.719. The molecule has 0 radical (unpaired) electrons. The van der Waals surface area contributed by atoms with Gasteiger partial charge >= 0.3 is 0 Å². The smallest absolute Gasteiger partial charge is 0.0568 e. The molecule has 3 rings (SSSR count). The third kappa shape index (κ3) is 2.60. The Morgan fingerprint density at radius 1 is 1.00 bits per heavy atom. The van der Waals surface area contributed by atoms with E-state index in [1.54, 1.807) is 0 Å². The van der Waals surface area contributed by atoms with Crippen LogP contribution in [0.15, 0.2) is 36.7 Å². The van der Waals surface area contributed by atoms with Crippen molar-refractivity contribution in [3.05, 3.63) is 40.2 Å². The van der Waals surface area contributed by atoms with E-state index in [-0.39, 0.29) is 0 Å². The van der Waals surface area contributed by atoms with Gasteiger partial charge in [-0.3, -0.25) is 4.68 Å². The Labute approximate surface area is 122 Å². The molecule has 0 bridgehead atoms. The zero-order chi connectivity index (χ0) is 12.4. The first-order chi connectivity index (χ1) is 8.83. The average molecular weight is 352 g/mol. The fourth-order valence-electron chi connectivity index (χ4n) is 2.67. The largest absolute Gasteiger partial charge is 0.269 e. The highest BCUT2D eigenvalue weighted by Crippen LogP contribution is 2.29.